The van der Waals surface area contributed by atoms with Crippen molar-refractivity contribution in [2.75, 3.05) is 6.54 Å². The Balaban J connectivity index is 1.86. The first-order valence-electron chi connectivity index (χ1n) is 6.08. The van der Waals surface area contributed by atoms with Crippen LogP contribution in [0.15, 0.2) is 11.6 Å². The summed E-state index contributed by atoms with van der Waals surface area (Å²) in [6.07, 6.45) is 4.99. The van der Waals surface area contributed by atoms with Gasteiger partial charge in [-0.3, -0.25) is 4.90 Å². The summed E-state index contributed by atoms with van der Waals surface area (Å²) < 4.78 is 5.59. The second kappa shape index (κ2) is 2.68. The number of carbonyl (C=O) groups is 1. The number of carbonyl (C=O) groups excluding carboxylic acids is 1. The van der Waals surface area contributed by atoms with Crippen molar-refractivity contribution < 1.29 is 14.6 Å². The summed E-state index contributed by atoms with van der Waals surface area (Å²) in [5.74, 6) is -0.211. The lowest BCUT2D eigenvalue weighted by Gasteiger charge is -2.56. The molecule has 1 saturated carbocycles. The smallest absolute Gasteiger partial charge is 0.331 e. The van der Waals surface area contributed by atoms with Crippen LogP contribution in [0.25, 0.3) is 0 Å². The molecule has 1 N–H and O–H groups in total. The first-order valence-corrected chi connectivity index (χ1v) is 6.08. The van der Waals surface area contributed by atoms with Gasteiger partial charge >= 0.3 is 5.97 Å². The minimum atomic E-state index is -0.470. The number of piperidine rings is 2. The number of rotatable bonds is 0. The highest BCUT2D eigenvalue weighted by molar-refractivity contribution is 5.87. The molecule has 0 amide bonds. The molecule has 3 saturated heterocycles. The fourth-order valence-corrected chi connectivity index (χ4v) is 4.19. The van der Waals surface area contributed by atoms with E-state index in [-0.39, 0.29) is 18.1 Å². The van der Waals surface area contributed by atoms with Crippen LogP contribution in [0.4, 0.5) is 0 Å². The maximum absolute atomic E-state index is 11.5. The molecule has 1 spiro atoms. The predicted octanol–water partition coefficient (Wildman–Crippen LogP) is 0.210. The van der Waals surface area contributed by atoms with Crippen LogP contribution < -0.4 is 0 Å². The van der Waals surface area contributed by atoms with Gasteiger partial charge in [0.25, 0.3) is 0 Å². The van der Waals surface area contributed by atoms with E-state index in [9.17, 15) is 9.90 Å². The molecule has 5 rings (SSSR count). The zero-order valence-corrected chi connectivity index (χ0v) is 9.06. The van der Waals surface area contributed by atoms with Gasteiger partial charge in [-0.2, -0.15) is 0 Å². The third kappa shape index (κ3) is 0.870. The van der Waals surface area contributed by atoms with Gasteiger partial charge in [-0.25, -0.2) is 4.79 Å². The fraction of sp³-hybridized carbons (Fsp3) is 0.750. The van der Waals surface area contributed by atoms with Crippen molar-refractivity contribution in [2.24, 2.45) is 0 Å². The molecule has 16 heavy (non-hydrogen) atoms. The monoisotopic (exact) mass is 221 g/mol. The van der Waals surface area contributed by atoms with E-state index in [4.69, 9.17) is 4.74 Å². The summed E-state index contributed by atoms with van der Waals surface area (Å²) in [7, 11) is 0. The summed E-state index contributed by atoms with van der Waals surface area (Å²) in [5, 5.41) is 10.1. The summed E-state index contributed by atoms with van der Waals surface area (Å²) in [6, 6.07) is 0.544. The Morgan fingerprint density at radius 1 is 1.56 bits per heavy atom. The van der Waals surface area contributed by atoms with Crippen LogP contribution in [0.1, 0.15) is 25.7 Å². The van der Waals surface area contributed by atoms with Crippen molar-refractivity contribution in [2.45, 2.75) is 49.5 Å². The van der Waals surface area contributed by atoms with Crippen LogP contribution in [-0.2, 0) is 9.53 Å². The summed E-state index contributed by atoms with van der Waals surface area (Å²) in [5.41, 5.74) is 0.665. The lowest BCUT2D eigenvalue weighted by atomic mass is 9.67. The Morgan fingerprint density at radius 2 is 2.44 bits per heavy atom. The molecule has 4 atom stereocenters. The Labute approximate surface area is 93.9 Å². The average molecular weight is 221 g/mol. The molecule has 4 aliphatic heterocycles. The first-order chi connectivity index (χ1) is 7.71. The Hall–Kier alpha value is -0.870. The van der Waals surface area contributed by atoms with Crippen LogP contribution in [-0.4, -0.2) is 46.3 Å². The van der Waals surface area contributed by atoms with Crippen LogP contribution in [0.3, 0.4) is 0 Å². The second-order valence-electron chi connectivity index (χ2n) is 5.42. The van der Waals surface area contributed by atoms with E-state index in [0.29, 0.717) is 12.5 Å². The number of fused-ring (bicyclic) bond motifs is 1. The van der Waals surface area contributed by atoms with E-state index in [1.165, 1.54) is 0 Å². The highest BCUT2D eigenvalue weighted by Crippen LogP contribution is 2.53. The molecule has 4 fully saturated rings. The van der Waals surface area contributed by atoms with Gasteiger partial charge in [0.15, 0.2) is 5.60 Å². The van der Waals surface area contributed by atoms with Crippen molar-refractivity contribution in [1.29, 1.82) is 0 Å². The summed E-state index contributed by atoms with van der Waals surface area (Å²) in [4.78, 5) is 13.9. The number of hydrogen-bond acceptors (Lipinski definition) is 4. The van der Waals surface area contributed by atoms with Gasteiger partial charge in [0.1, 0.15) is 0 Å². The molecule has 2 bridgehead atoms. The number of aliphatic hydroxyl groups excluding tert-OH is 1. The van der Waals surface area contributed by atoms with Crippen LogP contribution in [0.2, 0.25) is 0 Å². The van der Waals surface area contributed by atoms with Gasteiger partial charge in [0.2, 0.25) is 0 Å². The maximum Gasteiger partial charge on any atom is 0.331 e. The van der Waals surface area contributed by atoms with E-state index in [2.05, 4.69) is 4.90 Å². The minimum absolute atomic E-state index is 0.211. The van der Waals surface area contributed by atoms with Crippen LogP contribution in [0.5, 0.6) is 0 Å². The quantitative estimate of drug-likeness (QED) is 0.594. The topological polar surface area (TPSA) is 49.8 Å². The van der Waals surface area contributed by atoms with Gasteiger partial charge in [-0.15, -0.1) is 0 Å². The zero-order valence-electron chi connectivity index (χ0n) is 9.06. The number of nitrogens with zero attached hydrogens (tertiary/aromatic N) is 1. The second-order valence-corrected chi connectivity index (χ2v) is 5.42. The lowest BCUT2D eigenvalue weighted by molar-refractivity contribution is -0.176. The molecule has 5 aliphatic rings. The Bertz CT molecular complexity index is 405. The molecular formula is C12H15NO3. The normalized spacial score (nSPS) is 49.9. The van der Waals surface area contributed by atoms with E-state index in [1.54, 1.807) is 6.08 Å². The molecule has 0 aromatic carbocycles. The molecule has 4 heterocycles. The highest BCUT2D eigenvalue weighted by atomic mass is 16.6. The van der Waals surface area contributed by atoms with Crippen molar-refractivity contribution in [3.05, 3.63) is 11.6 Å². The standard InChI is InChI=1S/C12H15NO3/c14-9-6-12-7(5-11(15)16-12)4-8(9)13-3-1-2-10(12)13/h5,8-10,14H,1-4,6H2/t8-,9-,10-,12+/m1/s1. The van der Waals surface area contributed by atoms with E-state index in [1.807, 2.05) is 0 Å². The summed E-state index contributed by atoms with van der Waals surface area (Å²) in [6.45, 7) is 1.04. The fourth-order valence-electron chi connectivity index (χ4n) is 4.19. The number of ether oxygens (including phenoxy) is 1. The van der Waals surface area contributed by atoms with E-state index >= 15 is 0 Å². The maximum atomic E-state index is 11.5. The van der Waals surface area contributed by atoms with Gasteiger partial charge < -0.3 is 9.84 Å². The molecule has 0 aromatic rings. The SMILES string of the molecule is O=C1C=C2C[C@@H]3[C@H](O)C[C@@]2(O1)[C@H]1CCCN31. The zero-order chi connectivity index (χ0) is 10.9. The van der Waals surface area contributed by atoms with Gasteiger partial charge in [0, 0.05) is 18.5 Å². The first kappa shape index (κ1) is 9.19. The van der Waals surface area contributed by atoms with Crippen molar-refractivity contribution >= 4 is 5.97 Å². The van der Waals surface area contributed by atoms with Crippen molar-refractivity contribution in [3.63, 3.8) is 0 Å². The van der Waals surface area contributed by atoms with Gasteiger partial charge in [-0.05, 0) is 31.4 Å². The highest BCUT2D eigenvalue weighted by Gasteiger charge is 2.63. The average Bonchev–Trinajstić information content (AvgIpc) is 2.79. The van der Waals surface area contributed by atoms with Crippen molar-refractivity contribution in [1.82, 2.24) is 4.90 Å². The summed E-state index contributed by atoms with van der Waals surface area (Å²) >= 11 is 0. The van der Waals surface area contributed by atoms with E-state index < -0.39 is 5.60 Å². The van der Waals surface area contributed by atoms with Gasteiger partial charge in [0.05, 0.1) is 12.1 Å². The lowest BCUT2D eigenvalue weighted by Crippen LogP contribution is -2.68. The third-order valence-electron chi connectivity index (χ3n) is 4.76. The van der Waals surface area contributed by atoms with Gasteiger partial charge in [-0.1, -0.05) is 0 Å². The molecular weight excluding hydrogens is 206 g/mol. The van der Waals surface area contributed by atoms with Crippen molar-refractivity contribution in [3.8, 4) is 0 Å². The largest absolute Gasteiger partial charge is 0.450 e. The van der Waals surface area contributed by atoms with E-state index in [0.717, 1.165) is 31.4 Å². The van der Waals surface area contributed by atoms with Crippen LogP contribution >= 0.6 is 0 Å². The Kier molecular flexibility index (Phi) is 1.54. The molecule has 0 aromatic heterocycles. The molecule has 0 radical (unpaired) electrons. The molecule has 1 aliphatic carbocycles. The predicted molar refractivity (Wildman–Crippen MR) is 55.7 cm³/mol. The molecule has 4 heteroatoms. The molecule has 86 valence electrons. The van der Waals surface area contributed by atoms with Crippen LogP contribution in [0, 0.1) is 0 Å². The number of esters is 1. The molecule has 0 unspecified atom stereocenters. The third-order valence-corrected chi connectivity index (χ3v) is 4.76. The number of aliphatic hydroxyl groups is 1. The minimum Gasteiger partial charge on any atom is -0.450 e. The Morgan fingerprint density at radius 3 is 3.31 bits per heavy atom. The molecule has 4 nitrogen and oxygen atoms in total. The number of hydrogen-bond donors (Lipinski definition) is 1.